The fourth-order valence-corrected chi connectivity index (χ4v) is 4.20. The Morgan fingerprint density at radius 2 is 1.50 bits per heavy atom. The first kappa shape index (κ1) is 18.6. The topological polar surface area (TPSA) is 21.7 Å². The minimum Gasteiger partial charge on any atom is -0.444 e. The number of nitrogens with zero attached hydrogens (tertiary/aromatic N) is 1. The first-order chi connectivity index (χ1) is 14.7. The van der Waals surface area contributed by atoms with Crippen LogP contribution in [0.3, 0.4) is 0 Å². The lowest BCUT2D eigenvalue weighted by Gasteiger charge is -2.40. The van der Waals surface area contributed by atoms with E-state index in [0.29, 0.717) is 0 Å². The third-order valence-electron chi connectivity index (χ3n) is 5.81. The molecule has 1 spiro atoms. The number of rotatable bonds is 4. The van der Waals surface area contributed by atoms with Crippen molar-refractivity contribution in [3.63, 3.8) is 0 Å². The first-order valence-electron chi connectivity index (χ1n) is 10.6. The zero-order chi connectivity index (χ0) is 20.6. The molecule has 2 heterocycles. The molecule has 0 N–H and O–H groups in total. The molecule has 0 amide bonds. The average Bonchev–Trinajstić information content (AvgIpc) is 2.80. The highest BCUT2D eigenvalue weighted by Gasteiger charge is 2.43. The minimum absolute atomic E-state index is 0.824. The quantitative estimate of drug-likeness (QED) is 0.520. The van der Waals surface area contributed by atoms with Crippen LogP contribution in [0.15, 0.2) is 78.9 Å². The van der Waals surface area contributed by atoms with Crippen molar-refractivity contribution >= 4 is 23.4 Å². The number of hydrogen-bond donors (Lipinski definition) is 0. The highest BCUT2D eigenvalue weighted by molar-refractivity contribution is 5.91. The van der Waals surface area contributed by atoms with E-state index in [1.165, 1.54) is 0 Å². The molecule has 1 atom stereocenters. The number of ether oxygens (including phenoxy) is 2. The molecule has 0 aliphatic carbocycles. The molecule has 5 rings (SSSR count). The van der Waals surface area contributed by atoms with Gasteiger partial charge >= 0.3 is 0 Å². The summed E-state index contributed by atoms with van der Waals surface area (Å²) in [6.45, 7) is 6.25. The lowest BCUT2D eigenvalue weighted by atomic mass is 9.90. The largest absolute Gasteiger partial charge is 0.444 e. The summed E-state index contributed by atoms with van der Waals surface area (Å²) in [7, 11) is 0. The predicted molar refractivity (Wildman–Crippen MR) is 124 cm³/mol. The lowest BCUT2D eigenvalue weighted by Crippen LogP contribution is -2.44. The Morgan fingerprint density at radius 1 is 0.767 bits per heavy atom. The van der Waals surface area contributed by atoms with Crippen LogP contribution < -0.4 is 14.4 Å². The number of anilines is 1. The lowest BCUT2D eigenvalue weighted by molar-refractivity contribution is -0.0211. The highest BCUT2D eigenvalue weighted by atomic mass is 16.7. The second-order valence-electron chi connectivity index (χ2n) is 7.56. The zero-order valence-corrected chi connectivity index (χ0v) is 17.3. The number of benzene rings is 3. The highest BCUT2D eigenvalue weighted by Crippen LogP contribution is 2.46. The van der Waals surface area contributed by atoms with Gasteiger partial charge < -0.3 is 14.4 Å². The maximum atomic E-state index is 6.66. The Morgan fingerprint density at radius 3 is 2.30 bits per heavy atom. The molecule has 150 valence electrons. The molecule has 3 aromatic rings. The summed E-state index contributed by atoms with van der Waals surface area (Å²) in [5.41, 5.74) is 5.36. The molecule has 0 bridgehead atoms. The van der Waals surface area contributed by atoms with E-state index < -0.39 is 5.79 Å². The molecule has 0 saturated carbocycles. The Hall–Kier alpha value is -3.46. The van der Waals surface area contributed by atoms with Gasteiger partial charge in [-0.25, -0.2) is 0 Å². The molecule has 2 aliphatic rings. The van der Waals surface area contributed by atoms with Crippen molar-refractivity contribution in [2.24, 2.45) is 0 Å². The van der Waals surface area contributed by atoms with Crippen LogP contribution in [-0.4, -0.2) is 18.9 Å². The molecule has 30 heavy (non-hydrogen) atoms. The van der Waals surface area contributed by atoms with Crippen molar-refractivity contribution in [1.82, 2.24) is 0 Å². The zero-order valence-electron chi connectivity index (χ0n) is 17.3. The third-order valence-corrected chi connectivity index (χ3v) is 5.81. The normalized spacial score (nSPS) is 18.7. The SMILES string of the molecule is CCN(CC)c1ccc2c(c1)O[C@@]1(C=C2)Oc2ccccc2C=C1c1ccccc1. The summed E-state index contributed by atoms with van der Waals surface area (Å²) < 4.78 is 13.2. The maximum absolute atomic E-state index is 6.66. The van der Waals surface area contributed by atoms with Gasteiger partial charge in [-0.2, -0.15) is 0 Å². The van der Waals surface area contributed by atoms with Gasteiger partial charge in [0.2, 0.25) is 0 Å². The third kappa shape index (κ3) is 3.07. The van der Waals surface area contributed by atoms with Crippen molar-refractivity contribution in [2.75, 3.05) is 18.0 Å². The van der Waals surface area contributed by atoms with Gasteiger partial charge in [0.1, 0.15) is 11.5 Å². The molecule has 0 radical (unpaired) electrons. The second kappa shape index (κ2) is 7.42. The van der Waals surface area contributed by atoms with E-state index in [1.54, 1.807) is 0 Å². The summed E-state index contributed by atoms with van der Waals surface area (Å²) in [5.74, 6) is 0.665. The predicted octanol–water partition coefficient (Wildman–Crippen LogP) is 6.27. The Balaban J connectivity index is 1.63. The van der Waals surface area contributed by atoms with Crippen LogP contribution in [0.5, 0.6) is 11.5 Å². The van der Waals surface area contributed by atoms with Gasteiger partial charge in [-0.15, -0.1) is 0 Å². The summed E-state index contributed by atoms with van der Waals surface area (Å²) in [4.78, 5) is 2.32. The van der Waals surface area contributed by atoms with Gasteiger partial charge in [0.05, 0.1) is 0 Å². The average molecular weight is 396 g/mol. The van der Waals surface area contributed by atoms with Gasteiger partial charge in [0.15, 0.2) is 0 Å². The van der Waals surface area contributed by atoms with Gasteiger partial charge in [-0.1, -0.05) is 48.5 Å². The molecular formula is C27H25NO2. The Bertz CT molecular complexity index is 1130. The second-order valence-corrected chi connectivity index (χ2v) is 7.56. The Kier molecular flexibility index (Phi) is 4.59. The molecule has 3 nitrogen and oxygen atoms in total. The van der Waals surface area contributed by atoms with Crippen LogP contribution in [0.4, 0.5) is 5.69 Å². The van der Waals surface area contributed by atoms with Crippen molar-refractivity contribution in [3.8, 4) is 11.5 Å². The van der Waals surface area contributed by atoms with E-state index >= 15 is 0 Å². The summed E-state index contributed by atoms with van der Waals surface area (Å²) in [5, 5.41) is 0. The fourth-order valence-electron chi connectivity index (χ4n) is 4.20. The van der Waals surface area contributed by atoms with Crippen LogP contribution in [-0.2, 0) is 0 Å². The number of fused-ring (bicyclic) bond motifs is 2. The summed E-state index contributed by atoms with van der Waals surface area (Å²) in [6, 6.07) is 24.8. The molecule has 0 aromatic heterocycles. The van der Waals surface area contributed by atoms with Gasteiger partial charge in [-0.05, 0) is 49.8 Å². The molecule has 0 saturated heterocycles. The molecule has 0 unspecified atom stereocenters. The van der Waals surface area contributed by atoms with Crippen LogP contribution in [0, 0.1) is 0 Å². The number of para-hydroxylation sites is 1. The van der Waals surface area contributed by atoms with E-state index in [9.17, 15) is 0 Å². The molecule has 3 aromatic carbocycles. The standard InChI is InChI=1S/C27H25NO2/c1-3-28(4-2)23-15-14-21-16-17-27(30-26(21)19-23)24(20-10-6-5-7-11-20)18-22-12-8-9-13-25(22)29-27/h5-19H,3-4H2,1-2H3/t27-/m1/s1. The molecular weight excluding hydrogens is 370 g/mol. The first-order valence-corrected chi connectivity index (χ1v) is 10.6. The van der Waals surface area contributed by atoms with Crippen molar-refractivity contribution in [3.05, 3.63) is 95.6 Å². The van der Waals surface area contributed by atoms with E-state index in [1.807, 2.05) is 42.5 Å². The van der Waals surface area contributed by atoms with Gasteiger partial charge in [-0.3, -0.25) is 0 Å². The van der Waals surface area contributed by atoms with Crippen molar-refractivity contribution in [2.45, 2.75) is 19.6 Å². The van der Waals surface area contributed by atoms with Crippen LogP contribution in [0.1, 0.15) is 30.5 Å². The van der Waals surface area contributed by atoms with E-state index in [4.69, 9.17) is 9.47 Å². The van der Waals surface area contributed by atoms with E-state index in [2.05, 4.69) is 67.3 Å². The smallest absolute Gasteiger partial charge is 0.299 e. The van der Waals surface area contributed by atoms with Crippen molar-refractivity contribution in [1.29, 1.82) is 0 Å². The van der Waals surface area contributed by atoms with Crippen molar-refractivity contribution < 1.29 is 9.47 Å². The van der Waals surface area contributed by atoms with Gasteiger partial charge in [0.25, 0.3) is 5.79 Å². The molecule has 3 heteroatoms. The minimum atomic E-state index is -0.995. The van der Waals surface area contributed by atoms with Crippen LogP contribution in [0.25, 0.3) is 17.7 Å². The number of hydrogen-bond acceptors (Lipinski definition) is 3. The van der Waals surface area contributed by atoms with Crippen LogP contribution >= 0.6 is 0 Å². The monoisotopic (exact) mass is 395 g/mol. The summed E-state index contributed by atoms with van der Waals surface area (Å²) >= 11 is 0. The summed E-state index contributed by atoms with van der Waals surface area (Å²) in [6.07, 6.45) is 6.31. The van der Waals surface area contributed by atoms with Gasteiger partial charge in [0, 0.05) is 47.6 Å². The van der Waals surface area contributed by atoms with Crippen LogP contribution in [0.2, 0.25) is 0 Å². The van der Waals surface area contributed by atoms with E-state index in [-0.39, 0.29) is 0 Å². The maximum Gasteiger partial charge on any atom is 0.299 e. The fraction of sp³-hybridized carbons (Fsp3) is 0.185. The van der Waals surface area contributed by atoms with E-state index in [0.717, 1.165) is 52.5 Å². The Labute approximate surface area is 177 Å². The molecule has 2 aliphatic heterocycles. The molecule has 0 fully saturated rings.